The summed E-state index contributed by atoms with van der Waals surface area (Å²) in [6, 6.07) is 12.1. The number of aryl methyl sites for hydroxylation is 2. The van der Waals surface area contributed by atoms with E-state index in [2.05, 4.69) is 42.0 Å². The molecule has 102 valence electrons. The molecule has 1 aromatic carbocycles. The van der Waals surface area contributed by atoms with Gasteiger partial charge in [-0.3, -0.25) is 9.97 Å². The van der Waals surface area contributed by atoms with Crippen molar-refractivity contribution in [3.63, 3.8) is 0 Å². The highest BCUT2D eigenvalue weighted by atomic mass is 16.3. The van der Waals surface area contributed by atoms with E-state index in [1.54, 1.807) is 6.20 Å². The SMILES string of the molecule is Cc1ccnc(-c2cc3c(cc2C)oc2cccnc23)c1. The minimum atomic E-state index is 0.821. The van der Waals surface area contributed by atoms with Gasteiger partial charge in [-0.1, -0.05) is 0 Å². The third-order valence-corrected chi connectivity index (χ3v) is 3.76. The van der Waals surface area contributed by atoms with Gasteiger partial charge in [0.2, 0.25) is 0 Å². The highest BCUT2D eigenvalue weighted by molar-refractivity contribution is 6.04. The second-order valence-electron chi connectivity index (χ2n) is 5.33. The Bertz CT molecular complexity index is 969. The lowest BCUT2D eigenvalue weighted by Crippen LogP contribution is -1.88. The average molecular weight is 274 g/mol. The summed E-state index contributed by atoms with van der Waals surface area (Å²) in [5.74, 6) is 0. The van der Waals surface area contributed by atoms with Gasteiger partial charge in [0, 0.05) is 23.3 Å². The quantitative estimate of drug-likeness (QED) is 0.506. The first kappa shape index (κ1) is 12.1. The highest BCUT2D eigenvalue weighted by Gasteiger charge is 2.12. The van der Waals surface area contributed by atoms with Crippen LogP contribution in [0.2, 0.25) is 0 Å². The van der Waals surface area contributed by atoms with Crippen LogP contribution in [-0.4, -0.2) is 9.97 Å². The van der Waals surface area contributed by atoms with Crippen LogP contribution in [0.1, 0.15) is 11.1 Å². The summed E-state index contributed by atoms with van der Waals surface area (Å²) in [7, 11) is 0. The number of benzene rings is 1. The topological polar surface area (TPSA) is 38.9 Å². The van der Waals surface area contributed by atoms with E-state index < -0.39 is 0 Å². The van der Waals surface area contributed by atoms with Crippen LogP contribution in [0.5, 0.6) is 0 Å². The molecule has 0 saturated carbocycles. The first-order valence-electron chi connectivity index (χ1n) is 6.93. The summed E-state index contributed by atoms with van der Waals surface area (Å²) in [6.45, 7) is 4.16. The van der Waals surface area contributed by atoms with Gasteiger partial charge >= 0.3 is 0 Å². The van der Waals surface area contributed by atoms with Gasteiger partial charge in [0.05, 0.1) is 5.69 Å². The Hall–Kier alpha value is -2.68. The van der Waals surface area contributed by atoms with E-state index in [0.29, 0.717) is 0 Å². The monoisotopic (exact) mass is 274 g/mol. The number of furan rings is 1. The third-order valence-electron chi connectivity index (χ3n) is 3.76. The number of aromatic nitrogens is 2. The summed E-state index contributed by atoms with van der Waals surface area (Å²) in [5.41, 5.74) is 7.06. The van der Waals surface area contributed by atoms with Crippen LogP contribution in [0, 0.1) is 13.8 Å². The minimum Gasteiger partial charge on any atom is -0.454 e. The van der Waals surface area contributed by atoms with Gasteiger partial charge in [-0.25, -0.2) is 0 Å². The second kappa shape index (κ2) is 4.42. The van der Waals surface area contributed by atoms with E-state index >= 15 is 0 Å². The molecule has 0 radical (unpaired) electrons. The van der Waals surface area contributed by atoms with E-state index in [4.69, 9.17) is 4.42 Å². The second-order valence-corrected chi connectivity index (χ2v) is 5.33. The number of nitrogens with zero attached hydrogens (tertiary/aromatic N) is 2. The lowest BCUT2D eigenvalue weighted by atomic mass is 10.0. The smallest absolute Gasteiger partial charge is 0.153 e. The van der Waals surface area contributed by atoms with Crippen molar-refractivity contribution in [1.29, 1.82) is 0 Å². The molecule has 3 nitrogen and oxygen atoms in total. The minimum absolute atomic E-state index is 0.821. The molecule has 0 spiro atoms. The molecule has 0 atom stereocenters. The van der Waals surface area contributed by atoms with Crippen LogP contribution < -0.4 is 0 Å². The Kier molecular flexibility index (Phi) is 2.54. The number of hydrogen-bond acceptors (Lipinski definition) is 3. The van der Waals surface area contributed by atoms with Gasteiger partial charge < -0.3 is 4.42 Å². The molecule has 0 unspecified atom stereocenters. The van der Waals surface area contributed by atoms with Crippen LogP contribution in [0.4, 0.5) is 0 Å². The highest BCUT2D eigenvalue weighted by Crippen LogP contribution is 2.33. The van der Waals surface area contributed by atoms with Crippen LogP contribution >= 0.6 is 0 Å². The van der Waals surface area contributed by atoms with Crippen LogP contribution in [-0.2, 0) is 0 Å². The Labute approximate surface area is 122 Å². The maximum Gasteiger partial charge on any atom is 0.153 e. The van der Waals surface area contributed by atoms with E-state index in [9.17, 15) is 0 Å². The zero-order valence-corrected chi connectivity index (χ0v) is 11.9. The van der Waals surface area contributed by atoms with Gasteiger partial charge in [0.15, 0.2) is 5.58 Å². The summed E-state index contributed by atoms with van der Waals surface area (Å²) >= 11 is 0. The number of pyridine rings is 2. The Morgan fingerprint density at radius 3 is 2.67 bits per heavy atom. The Morgan fingerprint density at radius 1 is 0.905 bits per heavy atom. The fraction of sp³-hybridized carbons (Fsp3) is 0.111. The Morgan fingerprint density at radius 2 is 1.81 bits per heavy atom. The van der Waals surface area contributed by atoms with Crippen molar-refractivity contribution in [2.24, 2.45) is 0 Å². The van der Waals surface area contributed by atoms with Crippen molar-refractivity contribution in [2.45, 2.75) is 13.8 Å². The fourth-order valence-corrected chi connectivity index (χ4v) is 2.70. The van der Waals surface area contributed by atoms with Crippen molar-refractivity contribution in [2.75, 3.05) is 0 Å². The molecular weight excluding hydrogens is 260 g/mol. The number of hydrogen-bond donors (Lipinski definition) is 0. The molecule has 0 amide bonds. The molecule has 4 rings (SSSR count). The lowest BCUT2D eigenvalue weighted by molar-refractivity contribution is 0.668. The molecule has 0 aliphatic rings. The lowest BCUT2D eigenvalue weighted by Gasteiger charge is -2.06. The maximum absolute atomic E-state index is 5.86. The van der Waals surface area contributed by atoms with Crippen molar-refractivity contribution >= 4 is 22.1 Å². The number of rotatable bonds is 1. The predicted octanol–water partition coefficient (Wildman–Crippen LogP) is 4.66. The summed E-state index contributed by atoms with van der Waals surface area (Å²) < 4.78 is 5.86. The molecule has 0 aliphatic heterocycles. The normalized spacial score (nSPS) is 11.3. The van der Waals surface area contributed by atoms with E-state index in [-0.39, 0.29) is 0 Å². The summed E-state index contributed by atoms with van der Waals surface area (Å²) in [4.78, 5) is 8.93. The standard InChI is InChI=1S/C18H14N2O/c1-11-5-7-19-15(8-11)13-10-14-17(9-12(13)2)21-16-4-3-6-20-18(14)16/h3-10H,1-2H3. The fourth-order valence-electron chi connectivity index (χ4n) is 2.70. The van der Waals surface area contributed by atoms with E-state index in [1.807, 2.05) is 24.4 Å². The van der Waals surface area contributed by atoms with Crippen LogP contribution in [0.3, 0.4) is 0 Å². The average Bonchev–Trinajstić information content (AvgIpc) is 2.83. The molecule has 0 N–H and O–H groups in total. The zero-order valence-electron chi connectivity index (χ0n) is 11.9. The van der Waals surface area contributed by atoms with Gasteiger partial charge in [-0.05, 0) is 61.4 Å². The molecule has 0 bridgehead atoms. The molecule has 3 heterocycles. The van der Waals surface area contributed by atoms with Crippen LogP contribution in [0.25, 0.3) is 33.3 Å². The van der Waals surface area contributed by atoms with Crippen molar-refractivity contribution < 1.29 is 4.42 Å². The van der Waals surface area contributed by atoms with Gasteiger partial charge in [-0.15, -0.1) is 0 Å². The maximum atomic E-state index is 5.86. The molecule has 21 heavy (non-hydrogen) atoms. The molecule has 4 aromatic rings. The molecule has 3 heteroatoms. The molecule has 0 aliphatic carbocycles. The van der Waals surface area contributed by atoms with Gasteiger partial charge in [0.1, 0.15) is 11.1 Å². The molecular formula is C18H14N2O. The van der Waals surface area contributed by atoms with E-state index in [0.717, 1.165) is 38.9 Å². The zero-order chi connectivity index (χ0) is 14.4. The first-order valence-corrected chi connectivity index (χ1v) is 6.93. The van der Waals surface area contributed by atoms with Gasteiger partial charge in [0.25, 0.3) is 0 Å². The van der Waals surface area contributed by atoms with Crippen molar-refractivity contribution in [3.8, 4) is 11.3 Å². The van der Waals surface area contributed by atoms with E-state index in [1.165, 1.54) is 5.56 Å². The first-order chi connectivity index (χ1) is 10.2. The largest absolute Gasteiger partial charge is 0.454 e. The predicted molar refractivity (Wildman–Crippen MR) is 84.2 cm³/mol. The summed E-state index contributed by atoms with van der Waals surface area (Å²) in [6.07, 6.45) is 3.64. The van der Waals surface area contributed by atoms with Crippen molar-refractivity contribution in [1.82, 2.24) is 9.97 Å². The molecule has 0 saturated heterocycles. The molecule has 3 aromatic heterocycles. The number of fused-ring (bicyclic) bond motifs is 3. The van der Waals surface area contributed by atoms with Crippen LogP contribution in [0.15, 0.2) is 53.2 Å². The Balaban J connectivity index is 2.05. The van der Waals surface area contributed by atoms with Crippen molar-refractivity contribution in [3.05, 3.63) is 59.9 Å². The summed E-state index contributed by atoms with van der Waals surface area (Å²) in [5, 5.41) is 1.04. The third kappa shape index (κ3) is 1.89. The molecule has 0 fully saturated rings. The van der Waals surface area contributed by atoms with Gasteiger partial charge in [-0.2, -0.15) is 0 Å².